The van der Waals surface area contributed by atoms with E-state index >= 15 is 0 Å². The molecule has 106 valence electrons. The fraction of sp³-hybridized carbons (Fsp3) is 0.455. The van der Waals surface area contributed by atoms with E-state index in [2.05, 4.69) is 25.6 Å². The SMILES string of the molecule is CC(CCCC(=O)O)NS(=O)(=O)c1cncc(Br)c1. The molecule has 2 N–H and O–H groups in total. The Morgan fingerprint density at radius 2 is 2.21 bits per heavy atom. The summed E-state index contributed by atoms with van der Waals surface area (Å²) in [5.41, 5.74) is 0. The van der Waals surface area contributed by atoms with E-state index in [9.17, 15) is 13.2 Å². The zero-order valence-electron chi connectivity index (χ0n) is 10.3. The summed E-state index contributed by atoms with van der Waals surface area (Å²) in [5.74, 6) is -0.883. The molecule has 6 nitrogen and oxygen atoms in total. The van der Waals surface area contributed by atoms with Crippen molar-refractivity contribution in [1.29, 1.82) is 0 Å². The maximum absolute atomic E-state index is 12.0. The van der Waals surface area contributed by atoms with Crippen LogP contribution in [0, 0.1) is 0 Å². The zero-order chi connectivity index (χ0) is 14.5. The lowest BCUT2D eigenvalue weighted by molar-refractivity contribution is -0.137. The van der Waals surface area contributed by atoms with Gasteiger partial charge in [0, 0.05) is 29.3 Å². The van der Waals surface area contributed by atoms with Crippen molar-refractivity contribution in [3.05, 3.63) is 22.9 Å². The van der Waals surface area contributed by atoms with Crippen molar-refractivity contribution >= 4 is 31.9 Å². The summed E-state index contributed by atoms with van der Waals surface area (Å²) in [6, 6.07) is 1.13. The predicted octanol–water partition coefficient (Wildman–Crippen LogP) is 1.77. The minimum absolute atomic E-state index is 0.0323. The van der Waals surface area contributed by atoms with Crippen LogP contribution in [0.3, 0.4) is 0 Å². The number of rotatable bonds is 7. The van der Waals surface area contributed by atoms with Gasteiger partial charge in [0.2, 0.25) is 10.0 Å². The van der Waals surface area contributed by atoms with Crippen LogP contribution in [0.1, 0.15) is 26.2 Å². The first-order chi connectivity index (χ1) is 8.81. The summed E-state index contributed by atoms with van der Waals surface area (Å²) in [5, 5.41) is 8.52. The molecule has 1 atom stereocenters. The average Bonchev–Trinajstić information content (AvgIpc) is 2.27. The van der Waals surface area contributed by atoms with Gasteiger partial charge in [0.15, 0.2) is 0 Å². The molecular weight excluding hydrogens is 336 g/mol. The average molecular weight is 351 g/mol. The van der Waals surface area contributed by atoms with Gasteiger partial charge in [-0.2, -0.15) is 0 Å². The van der Waals surface area contributed by atoms with Crippen molar-refractivity contribution in [2.45, 2.75) is 37.1 Å². The highest BCUT2D eigenvalue weighted by Crippen LogP contribution is 2.15. The van der Waals surface area contributed by atoms with Crippen LogP contribution in [0.5, 0.6) is 0 Å². The lowest BCUT2D eigenvalue weighted by Crippen LogP contribution is -2.32. The summed E-state index contributed by atoms with van der Waals surface area (Å²) >= 11 is 3.16. The number of sulfonamides is 1. The van der Waals surface area contributed by atoms with Crippen molar-refractivity contribution in [1.82, 2.24) is 9.71 Å². The molecule has 0 aliphatic rings. The molecule has 1 rings (SSSR count). The number of aromatic nitrogens is 1. The van der Waals surface area contributed by atoms with Crippen LogP contribution < -0.4 is 4.72 Å². The molecule has 1 unspecified atom stereocenters. The van der Waals surface area contributed by atoms with Gasteiger partial charge in [-0.3, -0.25) is 9.78 Å². The maximum Gasteiger partial charge on any atom is 0.303 e. The number of nitrogens with one attached hydrogen (secondary N) is 1. The first-order valence-electron chi connectivity index (χ1n) is 5.66. The molecule has 0 amide bonds. The van der Waals surface area contributed by atoms with Crippen molar-refractivity contribution in [2.24, 2.45) is 0 Å². The minimum Gasteiger partial charge on any atom is -0.481 e. The van der Waals surface area contributed by atoms with Gasteiger partial charge in [0.1, 0.15) is 4.90 Å². The molecule has 0 aliphatic carbocycles. The molecule has 0 saturated carbocycles. The summed E-state index contributed by atoms with van der Waals surface area (Å²) in [4.78, 5) is 14.2. The summed E-state index contributed by atoms with van der Waals surface area (Å²) in [6.07, 6.45) is 3.68. The first kappa shape index (κ1) is 16.1. The smallest absolute Gasteiger partial charge is 0.303 e. The number of aliphatic carboxylic acids is 1. The normalized spacial score (nSPS) is 13.2. The number of halogens is 1. The summed E-state index contributed by atoms with van der Waals surface area (Å²) < 4.78 is 27.1. The molecule has 0 aliphatic heterocycles. The number of carboxylic acids is 1. The summed E-state index contributed by atoms with van der Waals surface area (Å²) in [7, 11) is -3.62. The third-order valence-corrected chi connectivity index (χ3v) is 4.36. The summed E-state index contributed by atoms with van der Waals surface area (Å²) in [6.45, 7) is 1.70. The Balaban J connectivity index is 2.62. The highest BCUT2D eigenvalue weighted by molar-refractivity contribution is 9.10. The Kier molecular flexibility index (Phi) is 5.89. The van der Waals surface area contributed by atoms with Crippen LogP contribution in [0.25, 0.3) is 0 Å². The second-order valence-electron chi connectivity index (χ2n) is 4.15. The minimum atomic E-state index is -3.62. The molecule has 0 radical (unpaired) electrons. The Bertz CT molecular complexity index is 547. The zero-order valence-corrected chi connectivity index (χ0v) is 12.7. The molecule has 1 heterocycles. The second kappa shape index (κ2) is 6.97. The quantitative estimate of drug-likeness (QED) is 0.780. The predicted molar refractivity (Wildman–Crippen MR) is 73.2 cm³/mol. The van der Waals surface area contributed by atoms with Crippen molar-refractivity contribution in [2.75, 3.05) is 0 Å². The van der Waals surface area contributed by atoms with Gasteiger partial charge in [0.05, 0.1) is 0 Å². The van der Waals surface area contributed by atoms with E-state index in [1.807, 2.05) is 0 Å². The molecule has 8 heteroatoms. The van der Waals surface area contributed by atoms with E-state index in [1.54, 1.807) is 6.92 Å². The maximum atomic E-state index is 12.0. The topological polar surface area (TPSA) is 96.4 Å². The molecule has 0 aromatic carbocycles. The number of nitrogens with zero attached hydrogens (tertiary/aromatic N) is 1. The second-order valence-corrected chi connectivity index (χ2v) is 6.78. The van der Waals surface area contributed by atoms with E-state index < -0.39 is 16.0 Å². The van der Waals surface area contributed by atoms with E-state index in [0.29, 0.717) is 17.3 Å². The molecule has 1 aromatic heterocycles. The van der Waals surface area contributed by atoms with Crippen molar-refractivity contribution in [3.8, 4) is 0 Å². The van der Waals surface area contributed by atoms with Crippen LogP contribution in [-0.2, 0) is 14.8 Å². The lowest BCUT2D eigenvalue weighted by Gasteiger charge is -2.13. The third kappa shape index (κ3) is 5.66. The molecule has 0 saturated heterocycles. The van der Waals surface area contributed by atoms with Crippen LogP contribution in [0.15, 0.2) is 27.8 Å². The molecule has 19 heavy (non-hydrogen) atoms. The van der Waals surface area contributed by atoms with Crippen LogP contribution in [0.2, 0.25) is 0 Å². The Morgan fingerprint density at radius 3 is 2.79 bits per heavy atom. The molecular formula is C11H15BrN2O4S. The largest absolute Gasteiger partial charge is 0.481 e. The lowest BCUT2D eigenvalue weighted by atomic mass is 10.1. The van der Waals surface area contributed by atoms with Gasteiger partial charge < -0.3 is 5.11 Å². The van der Waals surface area contributed by atoms with E-state index in [-0.39, 0.29) is 17.4 Å². The Labute approximate surface area is 120 Å². The number of hydrogen-bond acceptors (Lipinski definition) is 4. The fourth-order valence-electron chi connectivity index (χ4n) is 1.49. The molecule has 1 aromatic rings. The van der Waals surface area contributed by atoms with Crippen molar-refractivity contribution < 1.29 is 18.3 Å². The van der Waals surface area contributed by atoms with Gasteiger partial charge >= 0.3 is 5.97 Å². The van der Waals surface area contributed by atoms with Gasteiger partial charge in [-0.25, -0.2) is 13.1 Å². The molecule has 0 bridgehead atoms. The van der Waals surface area contributed by atoms with E-state index in [1.165, 1.54) is 18.5 Å². The van der Waals surface area contributed by atoms with Crippen LogP contribution >= 0.6 is 15.9 Å². The monoisotopic (exact) mass is 350 g/mol. The number of hydrogen-bond donors (Lipinski definition) is 2. The highest BCUT2D eigenvalue weighted by atomic mass is 79.9. The van der Waals surface area contributed by atoms with Gasteiger partial charge in [-0.15, -0.1) is 0 Å². The third-order valence-electron chi connectivity index (χ3n) is 2.37. The Morgan fingerprint density at radius 1 is 1.53 bits per heavy atom. The first-order valence-corrected chi connectivity index (χ1v) is 7.93. The number of carboxylic acid groups (broad SMARTS) is 1. The Hall–Kier alpha value is -0.990. The standard InChI is InChI=1S/C11H15BrN2O4S/c1-8(3-2-4-11(15)16)14-19(17,18)10-5-9(12)6-13-7-10/h5-8,14H,2-4H2,1H3,(H,15,16). The number of pyridine rings is 1. The molecule has 0 fully saturated rings. The van der Waals surface area contributed by atoms with Gasteiger partial charge in [-0.05, 0) is 41.8 Å². The highest BCUT2D eigenvalue weighted by Gasteiger charge is 2.18. The van der Waals surface area contributed by atoms with Crippen LogP contribution in [0.4, 0.5) is 0 Å². The van der Waals surface area contributed by atoms with Crippen LogP contribution in [-0.4, -0.2) is 30.5 Å². The van der Waals surface area contributed by atoms with E-state index in [4.69, 9.17) is 5.11 Å². The van der Waals surface area contributed by atoms with Gasteiger partial charge in [0.25, 0.3) is 0 Å². The van der Waals surface area contributed by atoms with Gasteiger partial charge in [-0.1, -0.05) is 0 Å². The van der Waals surface area contributed by atoms with Crippen molar-refractivity contribution in [3.63, 3.8) is 0 Å². The number of carbonyl (C=O) groups is 1. The van der Waals surface area contributed by atoms with E-state index in [0.717, 1.165) is 0 Å². The fourth-order valence-corrected chi connectivity index (χ4v) is 3.27. The molecule has 0 spiro atoms.